The number of piperazine rings is 1. The highest BCUT2D eigenvalue weighted by atomic mass is 35.5. The summed E-state index contributed by atoms with van der Waals surface area (Å²) in [5, 5.41) is 4.65. The molecule has 0 aromatic heterocycles. The van der Waals surface area contributed by atoms with E-state index in [2.05, 4.69) is 15.6 Å². The Balaban J connectivity index is 2.15. The summed E-state index contributed by atoms with van der Waals surface area (Å²) in [6, 6.07) is 2.97. The summed E-state index contributed by atoms with van der Waals surface area (Å²) >= 11 is 11.6. The molecule has 0 spiro atoms. The molecular formula is C15H20Cl2N4O3. The van der Waals surface area contributed by atoms with Gasteiger partial charge in [0.2, 0.25) is 5.91 Å². The summed E-state index contributed by atoms with van der Waals surface area (Å²) in [5.41, 5.74) is 3.49. The van der Waals surface area contributed by atoms with Crippen molar-refractivity contribution in [1.29, 1.82) is 0 Å². The molecule has 0 saturated carbocycles. The lowest BCUT2D eigenvalue weighted by molar-refractivity contribution is -0.113. The van der Waals surface area contributed by atoms with Crippen LogP contribution in [0.3, 0.4) is 0 Å². The molecule has 0 unspecified atom stereocenters. The van der Waals surface area contributed by atoms with Crippen LogP contribution in [0.4, 0.5) is 5.69 Å². The lowest BCUT2D eigenvalue weighted by atomic mass is 10.1. The first-order valence-electron chi connectivity index (χ1n) is 7.42. The molecule has 9 heteroatoms. The van der Waals surface area contributed by atoms with Gasteiger partial charge in [-0.05, 0) is 13.1 Å². The Kier molecular flexibility index (Phi) is 6.68. The Bertz CT molecular complexity index is 619. The Hall–Kier alpha value is -1.54. The average Bonchev–Trinajstić information content (AvgIpc) is 2.58. The highest BCUT2D eigenvalue weighted by Crippen LogP contribution is 2.31. The fourth-order valence-electron chi connectivity index (χ4n) is 2.30. The molecule has 0 aliphatic carbocycles. The average molecular weight is 375 g/mol. The number of methoxy groups -OCH3 is 1. The third-order valence-corrected chi connectivity index (χ3v) is 4.25. The number of halogens is 2. The van der Waals surface area contributed by atoms with E-state index in [9.17, 15) is 9.59 Å². The maximum Gasteiger partial charge on any atom is 0.269 e. The van der Waals surface area contributed by atoms with Crippen LogP contribution in [0.15, 0.2) is 12.1 Å². The van der Waals surface area contributed by atoms with Gasteiger partial charge in [-0.25, -0.2) is 5.01 Å². The second kappa shape index (κ2) is 8.53. The minimum Gasteiger partial charge on any atom is -0.496 e. The van der Waals surface area contributed by atoms with Crippen molar-refractivity contribution < 1.29 is 14.3 Å². The minimum atomic E-state index is -0.393. The van der Waals surface area contributed by atoms with E-state index >= 15 is 0 Å². The fraction of sp³-hybridized carbons (Fsp3) is 0.467. The van der Waals surface area contributed by atoms with Crippen LogP contribution in [-0.2, 0) is 4.79 Å². The number of carbonyl (C=O) groups excluding carboxylic acids is 2. The zero-order valence-electron chi connectivity index (χ0n) is 13.6. The molecule has 0 radical (unpaired) electrons. The summed E-state index contributed by atoms with van der Waals surface area (Å²) in [6.07, 6.45) is 0. The lowest BCUT2D eigenvalue weighted by Crippen LogP contribution is -2.52. The summed E-state index contributed by atoms with van der Waals surface area (Å²) < 4.78 is 5.25. The van der Waals surface area contributed by atoms with Crippen LogP contribution in [0.25, 0.3) is 0 Å². The second-order valence-corrected chi connectivity index (χ2v) is 6.12. The van der Waals surface area contributed by atoms with Crippen molar-refractivity contribution in [2.24, 2.45) is 0 Å². The largest absolute Gasteiger partial charge is 0.496 e. The molecule has 1 fully saturated rings. The molecule has 1 aromatic carbocycles. The summed E-state index contributed by atoms with van der Waals surface area (Å²) in [6.45, 7) is 3.23. The molecule has 1 aliphatic rings. The van der Waals surface area contributed by atoms with Gasteiger partial charge in [0.25, 0.3) is 5.91 Å². The molecule has 1 heterocycles. The van der Waals surface area contributed by atoms with Gasteiger partial charge in [-0.2, -0.15) is 0 Å². The topological polar surface area (TPSA) is 73.9 Å². The monoisotopic (exact) mass is 374 g/mol. The van der Waals surface area contributed by atoms with Crippen molar-refractivity contribution in [2.45, 2.75) is 0 Å². The molecule has 1 saturated heterocycles. The van der Waals surface area contributed by atoms with Crippen LogP contribution < -0.4 is 15.5 Å². The molecule has 2 N–H and O–H groups in total. The van der Waals surface area contributed by atoms with E-state index in [1.165, 1.54) is 19.2 Å². The van der Waals surface area contributed by atoms with E-state index < -0.39 is 5.91 Å². The normalized spacial score (nSPS) is 15.8. The zero-order chi connectivity index (χ0) is 17.7. The second-order valence-electron chi connectivity index (χ2n) is 5.45. The Morgan fingerprint density at radius 2 is 1.92 bits per heavy atom. The van der Waals surface area contributed by atoms with Gasteiger partial charge in [0, 0.05) is 32.2 Å². The van der Waals surface area contributed by atoms with Gasteiger partial charge in [-0.1, -0.05) is 11.6 Å². The number of likely N-dealkylation sites (N-methyl/N-ethyl adjacent to an activating group) is 1. The highest BCUT2D eigenvalue weighted by Gasteiger charge is 2.21. The van der Waals surface area contributed by atoms with Gasteiger partial charge >= 0.3 is 0 Å². The quantitative estimate of drug-likeness (QED) is 0.762. The van der Waals surface area contributed by atoms with Gasteiger partial charge in [0.15, 0.2) is 0 Å². The van der Waals surface area contributed by atoms with Crippen LogP contribution >= 0.6 is 23.2 Å². The molecule has 7 nitrogen and oxygen atoms in total. The standard InChI is InChI=1S/C15H20Cl2N4O3/c1-20-3-5-21(6-4-20)19-15(23)10-7-11(17)12(8-13(10)24-2)18-14(22)9-16/h7-8H,3-6,9H2,1-2H3,(H,18,22)(H,19,23). The third-order valence-electron chi connectivity index (χ3n) is 3.69. The molecule has 2 rings (SSSR count). The molecular weight excluding hydrogens is 355 g/mol. The molecule has 2 amide bonds. The SMILES string of the molecule is COc1cc(NC(=O)CCl)c(Cl)cc1C(=O)NN1CCN(C)CC1. The van der Waals surface area contributed by atoms with Crippen molar-refractivity contribution in [3.8, 4) is 5.75 Å². The van der Waals surface area contributed by atoms with Crippen LogP contribution in [0.2, 0.25) is 5.02 Å². The van der Waals surface area contributed by atoms with Crippen LogP contribution in [-0.4, -0.2) is 67.9 Å². The van der Waals surface area contributed by atoms with Gasteiger partial charge in [0.05, 0.1) is 23.4 Å². The Morgan fingerprint density at radius 3 is 2.50 bits per heavy atom. The first-order valence-corrected chi connectivity index (χ1v) is 8.33. The van der Waals surface area contributed by atoms with Gasteiger partial charge in [-0.3, -0.25) is 15.0 Å². The van der Waals surface area contributed by atoms with E-state index in [1.807, 2.05) is 12.1 Å². The first kappa shape index (κ1) is 18.8. The molecule has 1 aliphatic heterocycles. The first-order chi connectivity index (χ1) is 11.4. The number of nitrogens with one attached hydrogen (secondary N) is 2. The van der Waals surface area contributed by atoms with Gasteiger partial charge in [-0.15, -0.1) is 11.6 Å². The lowest BCUT2D eigenvalue weighted by Gasteiger charge is -2.32. The molecule has 1 aromatic rings. The Labute approximate surface area is 150 Å². The van der Waals surface area contributed by atoms with Crippen molar-refractivity contribution >= 4 is 40.7 Å². The molecule has 132 valence electrons. The van der Waals surface area contributed by atoms with Crippen LogP contribution in [0.1, 0.15) is 10.4 Å². The number of anilines is 1. The number of hydrogen-bond acceptors (Lipinski definition) is 5. The number of amides is 2. The van der Waals surface area contributed by atoms with E-state index in [-0.39, 0.29) is 16.8 Å². The smallest absolute Gasteiger partial charge is 0.269 e. The van der Waals surface area contributed by atoms with E-state index in [4.69, 9.17) is 27.9 Å². The Morgan fingerprint density at radius 1 is 1.25 bits per heavy atom. The van der Waals surface area contributed by atoms with Crippen LogP contribution in [0.5, 0.6) is 5.75 Å². The van der Waals surface area contributed by atoms with Crippen LogP contribution in [0, 0.1) is 0 Å². The maximum absolute atomic E-state index is 12.5. The zero-order valence-corrected chi connectivity index (χ0v) is 15.1. The van der Waals surface area contributed by atoms with Crippen molar-refractivity contribution in [3.63, 3.8) is 0 Å². The number of alkyl halides is 1. The number of ether oxygens (including phenoxy) is 1. The maximum atomic E-state index is 12.5. The number of benzene rings is 1. The highest BCUT2D eigenvalue weighted by molar-refractivity contribution is 6.35. The van der Waals surface area contributed by atoms with E-state index in [0.717, 1.165) is 26.2 Å². The predicted molar refractivity (Wildman–Crippen MR) is 93.9 cm³/mol. The number of hydrogen-bond donors (Lipinski definition) is 2. The molecule has 0 bridgehead atoms. The summed E-state index contributed by atoms with van der Waals surface area (Å²) in [4.78, 5) is 26.1. The number of carbonyl (C=O) groups is 2. The third kappa shape index (κ3) is 4.73. The summed E-state index contributed by atoms with van der Waals surface area (Å²) in [5.74, 6) is -0.579. The van der Waals surface area contributed by atoms with Gasteiger partial charge in [0.1, 0.15) is 11.6 Å². The number of hydrazine groups is 1. The van der Waals surface area contributed by atoms with E-state index in [0.29, 0.717) is 17.0 Å². The van der Waals surface area contributed by atoms with Crippen molar-refractivity contribution in [2.75, 3.05) is 51.5 Å². The van der Waals surface area contributed by atoms with Crippen molar-refractivity contribution in [3.05, 3.63) is 22.7 Å². The molecule has 24 heavy (non-hydrogen) atoms. The summed E-state index contributed by atoms with van der Waals surface area (Å²) in [7, 11) is 3.48. The van der Waals surface area contributed by atoms with Crippen molar-refractivity contribution in [1.82, 2.24) is 15.3 Å². The van der Waals surface area contributed by atoms with E-state index in [1.54, 1.807) is 0 Å². The fourth-order valence-corrected chi connectivity index (χ4v) is 2.58. The number of nitrogens with zero attached hydrogens (tertiary/aromatic N) is 2. The molecule has 0 atom stereocenters. The predicted octanol–water partition coefficient (Wildman–Crippen LogP) is 1.42. The van der Waals surface area contributed by atoms with Gasteiger partial charge < -0.3 is 15.0 Å². The number of rotatable bonds is 5. The minimum absolute atomic E-state index is 0.190.